The monoisotopic (exact) mass is 173 g/mol. The zero-order valence-corrected chi connectivity index (χ0v) is 5.77. The van der Waals surface area contributed by atoms with E-state index in [4.69, 9.17) is 10.3 Å². The van der Waals surface area contributed by atoms with Crippen molar-refractivity contribution in [2.24, 2.45) is 5.28 Å². The molecule has 11 heavy (non-hydrogen) atoms. The fourth-order valence-electron chi connectivity index (χ4n) is 0.453. The molecule has 0 aromatic carbocycles. The van der Waals surface area contributed by atoms with E-state index in [2.05, 4.69) is 5.28 Å². The third-order valence-electron chi connectivity index (χ3n) is 1.01. The Morgan fingerprint density at radius 1 is 1.64 bits per heavy atom. The van der Waals surface area contributed by atoms with Crippen LogP contribution in [0.1, 0.15) is 6.42 Å². The van der Waals surface area contributed by atoms with Crippen molar-refractivity contribution in [1.29, 1.82) is 0 Å². The van der Waals surface area contributed by atoms with Crippen molar-refractivity contribution in [2.75, 3.05) is 20.2 Å². The molecule has 0 rings (SSSR count). The molecule has 0 aliphatic rings. The van der Waals surface area contributed by atoms with E-state index in [-0.39, 0.29) is 41.1 Å². The van der Waals surface area contributed by atoms with Gasteiger partial charge < -0.3 is 15.5 Å². The number of hydrogen-bond donors (Lipinski definition) is 2. The molecular formula is C4H12N3NaO3. The van der Waals surface area contributed by atoms with E-state index in [1.165, 1.54) is 7.05 Å². The molecule has 0 aromatic rings. The van der Waals surface area contributed by atoms with Gasteiger partial charge in [-0.05, 0) is 6.42 Å². The van der Waals surface area contributed by atoms with Crippen LogP contribution in [-0.2, 0) is 0 Å². The molecule has 0 heterocycles. The molecular weight excluding hydrogens is 161 g/mol. The van der Waals surface area contributed by atoms with Gasteiger partial charge in [-0.25, -0.2) is 0 Å². The molecule has 0 saturated carbocycles. The van der Waals surface area contributed by atoms with Crippen LogP contribution in [-0.4, -0.2) is 70.0 Å². The van der Waals surface area contributed by atoms with Crippen molar-refractivity contribution in [3.05, 3.63) is 5.21 Å². The molecule has 2 N–H and O–H groups in total. The van der Waals surface area contributed by atoms with Crippen molar-refractivity contribution in [3.8, 4) is 0 Å². The second-order valence-corrected chi connectivity index (χ2v) is 1.80. The summed E-state index contributed by atoms with van der Waals surface area (Å²) in [6.07, 6.45) is 0.477. The molecule has 0 unspecified atom stereocenters. The van der Waals surface area contributed by atoms with Crippen molar-refractivity contribution in [2.45, 2.75) is 6.42 Å². The first-order valence-electron chi connectivity index (χ1n) is 2.86. The van der Waals surface area contributed by atoms with Crippen LogP contribution in [0.3, 0.4) is 0 Å². The van der Waals surface area contributed by atoms with Gasteiger partial charge in [0, 0.05) is 6.61 Å². The Morgan fingerprint density at radius 3 is 2.55 bits per heavy atom. The second kappa shape index (κ2) is 8.06. The molecule has 6 nitrogen and oxygen atoms in total. The summed E-state index contributed by atoms with van der Waals surface area (Å²) in [7, 11) is 1.46. The van der Waals surface area contributed by atoms with E-state index in [0.29, 0.717) is 13.0 Å². The van der Waals surface area contributed by atoms with Crippen LogP contribution in [0.4, 0.5) is 0 Å². The van der Waals surface area contributed by atoms with Crippen LogP contribution in [0.15, 0.2) is 5.28 Å². The summed E-state index contributed by atoms with van der Waals surface area (Å²) < 4.78 is 0. The number of nitrogens with zero attached hydrogens (tertiary/aromatic N) is 3. The van der Waals surface area contributed by atoms with E-state index in [1.807, 2.05) is 0 Å². The van der Waals surface area contributed by atoms with Gasteiger partial charge in [0.25, 0.3) is 0 Å². The maximum absolute atomic E-state index is 10.4. The van der Waals surface area contributed by atoms with Gasteiger partial charge in [-0.3, -0.25) is 0 Å². The predicted octanol–water partition coefficient (Wildman–Crippen LogP) is -1.08. The minimum atomic E-state index is 0. The van der Waals surface area contributed by atoms with Gasteiger partial charge >= 0.3 is 29.6 Å². The third-order valence-corrected chi connectivity index (χ3v) is 1.01. The summed E-state index contributed by atoms with van der Waals surface area (Å²) in [5, 5.41) is 30.1. The summed E-state index contributed by atoms with van der Waals surface area (Å²) in [6, 6.07) is 0. The molecule has 0 amide bonds. The summed E-state index contributed by atoms with van der Waals surface area (Å²) >= 11 is 0. The van der Waals surface area contributed by atoms with Gasteiger partial charge in [-0.1, -0.05) is 0 Å². The van der Waals surface area contributed by atoms with Crippen molar-refractivity contribution < 1.29 is 15.3 Å². The van der Waals surface area contributed by atoms with Crippen molar-refractivity contribution in [3.63, 3.8) is 0 Å². The molecule has 0 aliphatic carbocycles. The number of hydrogen-bond acceptors (Lipinski definition) is 3. The Balaban J connectivity index is 0. The molecule has 0 atom stereocenters. The molecule has 0 aliphatic heterocycles. The molecule has 0 saturated heterocycles. The van der Waals surface area contributed by atoms with Gasteiger partial charge in [-0.2, -0.15) is 0 Å². The van der Waals surface area contributed by atoms with Gasteiger partial charge in [0.15, 0.2) is 0 Å². The fourth-order valence-corrected chi connectivity index (χ4v) is 0.453. The van der Waals surface area contributed by atoms with Gasteiger partial charge in [0.05, 0.1) is 18.6 Å². The Bertz CT molecular complexity index is 121. The van der Waals surface area contributed by atoms with E-state index < -0.39 is 0 Å². The second-order valence-electron chi connectivity index (χ2n) is 1.80. The SMILES string of the molecule is CN(CCCO)/[N+]([O-])=N\O.[NaH]. The van der Waals surface area contributed by atoms with E-state index in [0.717, 1.165) is 5.01 Å². The average Bonchev–Trinajstić information content (AvgIpc) is 1.98. The van der Waals surface area contributed by atoms with Crippen LogP contribution in [0.5, 0.6) is 0 Å². The summed E-state index contributed by atoms with van der Waals surface area (Å²) in [6.45, 7) is 0.383. The summed E-state index contributed by atoms with van der Waals surface area (Å²) in [5.41, 5.74) is 0. The zero-order valence-electron chi connectivity index (χ0n) is 5.77. The molecule has 7 heteroatoms. The maximum atomic E-state index is 10.4. The van der Waals surface area contributed by atoms with Crippen LogP contribution in [0.25, 0.3) is 0 Å². The third kappa shape index (κ3) is 6.36. The standard InChI is InChI=1S/C4H11N3O3.Na.H/c1-6(3-2-4-8)7(10)5-9;;/h8-9H,2-4H2,1H3;;/b7-5+;;. The predicted molar refractivity (Wildman–Crippen MR) is 39.3 cm³/mol. The zero-order chi connectivity index (χ0) is 7.98. The number of rotatable bonds is 4. The topological polar surface area (TPSA) is 82.1 Å². The Morgan fingerprint density at radius 2 is 2.18 bits per heavy atom. The molecule has 0 aromatic heterocycles. The average molecular weight is 173 g/mol. The van der Waals surface area contributed by atoms with Crippen LogP contribution >= 0.6 is 0 Å². The fraction of sp³-hybridized carbons (Fsp3) is 1.00. The van der Waals surface area contributed by atoms with Crippen LogP contribution in [0.2, 0.25) is 0 Å². The molecule has 62 valence electrons. The van der Waals surface area contributed by atoms with E-state index in [9.17, 15) is 5.21 Å². The quantitative estimate of drug-likeness (QED) is 0.245. The Kier molecular flexibility index (Phi) is 9.92. The number of hydrazine groups is 1. The first kappa shape index (κ1) is 13.5. The number of aliphatic hydroxyl groups excluding tert-OH is 1. The van der Waals surface area contributed by atoms with Gasteiger partial charge in [0.2, 0.25) is 5.28 Å². The minimum absolute atomic E-state index is 0. The molecule has 0 fully saturated rings. The van der Waals surface area contributed by atoms with Crippen LogP contribution in [0, 0.1) is 5.21 Å². The molecule has 0 radical (unpaired) electrons. The Labute approximate surface area is 86.9 Å². The van der Waals surface area contributed by atoms with E-state index >= 15 is 0 Å². The van der Waals surface area contributed by atoms with Crippen molar-refractivity contribution >= 4 is 29.6 Å². The van der Waals surface area contributed by atoms with E-state index in [1.54, 1.807) is 0 Å². The van der Waals surface area contributed by atoms with Gasteiger partial charge in [-0.15, -0.1) is 5.01 Å². The Hall–Kier alpha value is -0.0400. The first-order valence-corrected chi connectivity index (χ1v) is 2.86. The summed E-state index contributed by atoms with van der Waals surface area (Å²) in [5.74, 6) is 0. The summed E-state index contributed by atoms with van der Waals surface area (Å²) in [4.78, 5) is 0.0513. The van der Waals surface area contributed by atoms with Crippen molar-refractivity contribution in [1.82, 2.24) is 5.01 Å². The van der Waals surface area contributed by atoms with Gasteiger partial charge in [0.1, 0.15) is 0 Å². The molecule has 0 spiro atoms. The number of aliphatic hydroxyl groups is 1. The van der Waals surface area contributed by atoms with Crippen LogP contribution < -0.4 is 0 Å². The molecule has 0 bridgehead atoms. The first-order chi connectivity index (χ1) is 4.72. The normalized spacial score (nSPS) is 10.5.